The van der Waals surface area contributed by atoms with Crippen molar-refractivity contribution >= 4 is 34.8 Å². The number of hydrogen-bond acceptors (Lipinski definition) is 5. The van der Waals surface area contributed by atoms with Crippen LogP contribution in [0.2, 0.25) is 0 Å². The molecule has 0 spiro atoms. The van der Waals surface area contributed by atoms with E-state index < -0.39 is 23.3 Å². The van der Waals surface area contributed by atoms with Crippen molar-refractivity contribution in [2.24, 2.45) is 11.8 Å². The van der Waals surface area contributed by atoms with Crippen LogP contribution in [0, 0.1) is 11.8 Å². The van der Waals surface area contributed by atoms with Gasteiger partial charge >= 0.3 is 5.97 Å². The normalized spacial score (nSPS) is 29.9. The Morgan fingerprint density at radius 1 is 1.19 bits per heavy atom. The van der Waals surface area contributed by atoms with Gasteiger partial charge in [-0.05, 0) is 30.5 Å². The van der Waals surface area contributed by atoms with Gasteiger partial charge in [-0.3, -0.25) is 9.59 Å². The van der Waals surface area contributed by atoms with Crippen molar-refractivity contribution in [1.82, 2.24) is 0 Å². The van der Waals surface area contributed by atoms with E-state index in [9.17, 15) is 14.4 Å². The third-order valence-corrected chi connectivity index (χ3v) is 6.48. The third-order valence-electron chi connectivity index (χ3n) is 5.51. The molecule has 1 aromatic carbocycles. The van der Waals surface area contributed by atoms with E-state index in [0.29, 0.717) is 5.69 Å². The highest BCUT2D eigenvalue weighted by molar-refractivity contribution is 7.10. The molecule has 4 rings (SSSR count). The van der Waals surface area contributed by atoms with Crippen LogP contribution >= 0.6 is 11.3 Å². The molecule has 2 saturated heterocycles. The average Bonchev–Trinajstić information content (AvgIpc) is 3.34. The summed E-state index contributed by atoms with van der Waals surface area (Å²) in [6.45, 7) is 3.69. The van der Waals surface area contributed by atoms with Gasteiger partial charge in [0.15, 0.2) is 0 Å². The highest BCUT2D eigenvalue weighted by Gasteiger charge is 2.71. The summed E-state index contributed by atoms with van der Waals surface area (Å²) in [6, 6.07) is 12.5. The topological polar surface area (TPSA) is 80.3 Å². The van der Waals surface area contributed by atoms with E-state index in [1.54, 1.807) is 38.1 Å². The van der Waals surface area contributed by atoms with Gasteiger partial charge in [-0.2, -0.15) is 0 Å². The first-order chi connectivity index (χ1) is 13.0. The minimum Gasteiger partial charge on any atom is -0.461 e. The van der Waals surface area contributed by atoms with Crippen LogP contribution in [0.25, 0.3) is 0 Å². The Hall–Kier alpha value is -2.51. The molecule has 0 saturated carbocycles. The largest absolute Gasteiger partial charge is 0.461 e. The molecule has 2 amide bonds. The van der Waals surface area contributed by atoms with E-state index in [1.807, 2.05) is 28.9 Å². The van der Waals surface area contributed by atoms with Gasteiger partial charge in [0.05, 0.1) is 17.2 Å². The number of quaternary nitrogens is 1. The Balaban J connectivity index is 1.81. The minimum atomic E-state index is -1.13. The van der Waals surface area contributed by atoms with Crippen LogP contribution in [0.1, 0.15) is 24.8 Å². The number of thiophene rings is 1. The lowest BCUT2D eigenvalue weighted by Gasteiger charge is -2.26. The zero-order valence-electron chi connectivity index (χ0n) is 15.1. The van der Waals surface area contributed by atoms with Crippen molar-refractivity contribution in [1.29, 1.82) is 0 Å². The summed E-state index contributed by atoms with van der Waals surface area (Å²) in [5.74, 6) is -2.38. The lowest BCUT2D eigenvalue weighted by atomic mass is 9.81. The summed E-state index contributed by atoms with van der Waals surface area (Å²) in [7, 11) is 0. The summed E-state index contributed by atoms with van der Waals surface area (Å²) in [5.41, 5.74) is -0.593. The number of para-hydroxylation sites is 1. The van der Waals surface area contributed by atoms with Crippen molar-refractivity contribution in [2.75, 3.05) is 11.5 Å². The molecular formula is C20H21N2O4S+. The first-order valence-corrected chi connectivity index (χ1v) is 9.86. The van der Waals surface area contributed by atoms with Crippen LogP contribution < -0.4 is 10.2 Å². The Morgan fingerprint density at radius 3 is 2.56 bits per heavy atom. The highest BCUT2D eigenvalue weighted by atomic mass is 32.1. The van der Waals surface area contributed by atoms with E-state index in [2.05, 4.69) is 0 Å². The van der Waals surface area contributed by atoms with Gasteiger partial charge < -0.3 is 10.1 Å². The molecule has 0 unspecified atom stereocenters. The van der Waals surface area contributed by atoms with Crippen molar-refractivity contribution in [3.63, 3.8) is 0 Å². The van der Waals surface area contributed by atoms with Crippen molar-refractivity contribution < 1.29 is 24.4 Å². The Labute approximate surface area is 161 Å². The standard InChI is InChI=1S/C20H20N2O4S/c1-3-26-19(25)20(2)15-14(16(21-20)13-10-7-11-27-13)17(23)22(18(15)24)12-8-5-4-6-9-12/h4-11,14-16,21H,3H2,1-2H3/p+1/t14-,15-,16-,20+/m0/s1. The lowest BCUT2D eigenvalue weighted by Crippen LogP contribution is -2.97. The summed E-state index contributed by atoms with van der Waals surface area (Å²) in [6.07, 6.45) is 0. The SMILES string of the molecule is CCOC(=O)[C@]1(C)[NH2+][C@@H](c2cccs2)[C@H]2C(=O)N(c3ccccc3)C(=O)[C@H]21. The van der Waals surface area contributed by atoms with Crippen molar-refractivity contribution in [3.8, 4) is 0 Å². The fraction of sp³-hybridized carbons (Fsp3) is 0.350. The second-order valence-electron chi connectivity index (χ2n) is 7.06. The minimum absolute atomic E-state index is 0.230. The Bertz CT molecular complexity index is 883. The molecule has 27 heavy (non-hydrogen) atoms. The number of amides is 2. The number of ether oxygens (including phenoxy) is 1. The smallest absolute Gasteiger partial charge is 0.368 e. The van der Waals surface area contributed by atoms with Crippen LogP contribution in [-0.4, -0.2) is 29.9 Å². The molecule has 3 heterocycles. The number of carbonyl (C=O) groups excluding carboxylic acids is 3. The van der Waals surface area contributed by atoms with E-state index in [0.717, 1.165) is 4.88 Å². The van der Waals surface area contributed by atoms with Gasteiger partial charge in [-0.15, -0.1) is 11.3 Å². The molecule has 2 aliphatic heterocycles. The van der Waals surface area contributed by atoms with E-state index in [4.69, 9.17) is 4.74 Å². The van der Waals surface area contributed by atoms with Gasteiger partial charge in [0.25, 0.3) is 0 Å². The predicted molar refractivity (Wildman–Crippen MR) is 99.9 cm³/mol. The second-order valence-corrected chi connectivity index (χ2v) is 8.04. The molecule has 1 aromatic heterocycles. The predicted octanol–water partition coefficient (Wildman–Crippen LogP) is 1.49. The van der Waals surface area contributed by atoms with E-state index in [-0.39, 0.29) is 24.5 Å². The monoisotopic (exact) mass is 385 g/mol. The number of esters is 1. The first-order valence-electron chi connectivity index (χ1n) is 8.98. The zero-order chi connectivity index (χ0) is 19.2. The summed E-state index contributed by atoms with van der Waals surface area (Å²) in [5, 5.41) is 3.79. The third kappa shape index (κ3) is 2.61. The Kier molecular flexibility index (Phi) is 4.36. The van der Waals surface area contributed by atoms with Gasteiger partial charge in [0, 0.05) is 6.92 Å². The van der Waals surface area contributed by atoms with Crippen LogP contribution in [0.5, 0.6) is 0 Å². The van der Waals surface area contributed by atoms with Crippen molar-refractivity contribution in [2.45, 2.75) is 25.4 Å². The molecule has 140 valence electrons. The fourth-order valence-electron chi connectivity index (χ4n) is 4.32. The van der Waals surface area contributed by atoms with Crippen LogP contribution in [0.15, 0.2) is 47.8 Å². The molecule has 2 aliphatic rings. The summed E-state index contributed by atoms with van der Waals surface area (Å²) in [4.78, 5) is 41.6. The maximum Gasteiger partial charge on any atom is 0.368 e. The first kappa shape index (κ1) is 17.9. The maximum atomic E-state index is 13.3. The number of hydrogen-bond donors (Lipinski definition) is 1. The molecule has 0 aliphatic carbocycles. The molecule has 2 fully saturated rings. The Morgan fingerprint density at radius 2 is 1.93 bits per heavy atom. The van der Waals surface area contributed by atoms with Crippen LogP contribution in [-0.2, 0) is 19.1 Å². The van der Waals surface area contributed by atoms with Crippen LogP contribution in [0.3, 0.4) is 0 Å². The lowest BCUT2D eigenvalue weighted by molar-refractivity contribution is -0.730. The second kappa shape index (κ2) is 6.58. The molecule has 6 nitrogen and oxygen atoms in total. The molecule has 0 radical (unpaired) electrons. The number of rotatable bonds is 4. The quantitative estimate of drug-likeness (QED) is 0.639. The molecule has 2 N–H and O–H groups in total. The molecule has 0 bridgehead atoms. The fourth-order valence-corrected chi connectivity index (χ4v) is 5.16. The number of carbonyl (C=O) groups is 3. The maximum absolute atomic E-state index is 13.3. The van der Waals surface area contributed by atoms with E-state index in [1.165, 1.54) is 16.2 Å². The van der Waals surface area contributed by atoms with Gasteiger partial charge in [0.2, 0.25) is 17.4 Å². The van der Waals surface area contributed by atoms with Crippen LogP contribution in [0.4, 0.5) is 5.69 Å². The number of nitrogens with two attached hydrogens (primary N) is 1. The number of anilines is 1. The van der Waals surface area contributed by atoms with Gasteiger partial charge in [0.1, 0.15) is 17.9 Å². The molecule has 4 atom stereocenters. The van der Waals surface area contributed by atoms with Crippen molar-refractivity contribution in [3.05, 3.63) is 52.7 Å². The summed E-state index contributed by atoms with van der Waals surface area (Å²) >= 11 is 1.53. The molecular weight excluding hydrogens is 364 g/mol. The average molecular weight is 385 g/mol. The molecule has 7 heteroatoms. The zero-order valence-corrected chi connectivity index (χ0v) is 15.9. The summed E-state index contributed by atoms with van der Waals surface area (Å²) < 4.78 is 5.28. The number of imide groups is 1. The highest BCUT2D eigenvalue weighted by Crippen LogP contribution is 2.46. The number of nitrogens with zero attached hydrogens (tertiary/aromatic N) is 1. The van der Waals surface area contributed by atoms with Gasteiger partial charge in [-0.1, -0.05) is 24.3 Å². The number of benzene rings is 1. The van der Waals surface area contributed by atoms with E-state index >= 15 is 0 Å². The van der Waals surface area contributed by atoms with Gasteiger partial charge in [-0.25, -0.2) is 9.69 Å². The molecule has 2 aromatic rings. The number of fused-ring (bicyclic) bond motifs is 1.